The van der Waals surface area contributed by atoms with Crippen LogP contribution in [-0.2, 0) is 9.53 Å². The Hall–Kier alpha value is -1.25. The Morgan fingerprint density at radius 2 is 2.28 bits per heavy atom. The topological polar surface area (TPSA) is 99.1 Å². The zero-order valence-corrected chi connectivity index (χ0v) is 9.80. The molecule has 0 aromatic carbocycles. The second kappa shape index (κ2) is 4.45. The molecule has 0 aromatic heterocycles. The molecule has 0 spiro atoms. The maximum atomic E-state index is 14.4. The molecule has 0 aliphatic carbocycles. The average molecular weight is 262 g/mol. The highest BCUT2D eigenvalue weighted by Crippen LogP contribution is 2.36. The predicted molar refractivity (Wildman–Crippen MR) is 56.1 cm³/mol. The summed E-state index contributed by atoms with van der Waals surface area (Å²) in [5, 5.41) is 20.7. The fraction of sp³-hybridized carbons (Fsp3) is 0.800. The number of halogens is 1. The second-order valence-corrected chi connectivity index (χ2v) is 4.60. The largest absolute Gasteiger partial charge is 0.394 e. The van der Waals surface area contributed by atoms with Gasteiger partial charge in [-0.25, -0.2) is 9.18 Å². The van der Waals surface area contributed by atoms with E-state index in [-0.39, 0.29) is 13.0 Å². The van der Waals surface area contributed by atoms with Crippen molar-refractivity contribution < 1.29 is 28.9 Å². The lowest BCUT2D eigenvalue weighted by Crippen LogP contribution is -2.59. The number of imide groups is 1. The molecule has 3 amide bonds. The Morgan fingerprint density at radius 3 is 2.78 bits per heavy atom. The van der Waals surface area contributed by atoms with Gasteiger partial charge in [0.1, 0.15) is 12.2 Å². The number of aliphatic hydroxyl groups is 2. The van der Waals surface area contributed by atoms with Crippen LogP contribution < -0.4 is 5.32 Å². The second-order valence-electron chi connectivity index (χ2n) is 4.60. The third kappa shape index (κ3) is 1.96. The highest BCUT2D eigenvalue weighted by atomic mass is 19.1. The Labute approximate surface area is 103 Å². The van der Waals surface area contributed by atoms with Gasteiger partial charge in [-0.3, -0.25) is 15.0 Å². The van der Waals surface area contributed by atoms with Crippen LogP contribution in [0.3, 0.4) is 0 Å². The van der Waals surface area contributed by atoms with Crippen molar-refractivity contribution in [2.45, 2.75) is 37.4 Å². The van der Waals surface area contributed by atoms with Crippen molar-refractivity contribution in [3.8, 4) is 0 Å². The zero-order valence-electron chi connectivity index (χ0n) is 9.80. The molecule has 2 rings (SSSR count). The van der Waals surface area contributed by atoms with Gasteiger partial charge in [-0.2, -0.15) is 0 Å². The highest BCUT2D eigenvalue weighted by molar-refractivity contribution is 5.96. The highest BCUT2D eigenvalue weighted by Gasteiger charge is 2.57. The van der Waals surface area contributed by atoms with Crippen LogP contribution in [0.4, 0.5) is 9.18 Å². The van der Waals surface area contributed by atoms with Crippen molar-refractivity contribution in [2.24, 2.45) is 0 Å². The van der Waals surface area contributed by atoms with E-state index >= 15 is 0 Å². The third-order valence-corrected chi connectivity index (χ3v) is 3.27. The number of hydrogen-bond acceptors (Lipinski definition) is 5. The van der Waals surface area contributed by atoms with E-state index in [9.17, 15) is 19.1 Å². The fourth-order valence-electron chi connectivity index (χ4n) is 2.20. The average Bonchev–Trinajstić information content (AvgIpc) is 2.52. The molecule has 3 N–H and O–H groups in total. The van der Waals surface area contributed by atoms with Gasteiger partial charge in [-0.1, -0.05) is 0 Å². The van der Waals surface area contributed by atoms with Crippen molar-refractivity contribution in [3.05, 3.63) is 0 Å². The van der Waals surface area contributed by atoms with Gasteiger partial charge in [0.25, 0.3) is 0 Å². The molecule has 2 saturated heterocycles. The molecule has 2 fully saturated rings. The molecule has 2 aliphatic heterocycles. The van der Waals surface area contributed by atoms with Gasteiger partial charge in [0.05, 0.1) is 6.61 Å². The number of aliphatic hydroxyl groups excluding tert-OH is 2. The summed E-state index contributed by atoms with van der Waals surface area (Å²) < 4.78 is 19.5. The summed E-state index contributed by atoms with van der Waals surface area (Å²) in [5.74, 6) is -0.436. The molecule has 0 bridgehead atoms. The molecule has 4 atom stereocenters. The van der Waals surface area contributed by atoms with Crippen LogP contribution in [0.25, 0.3) is 0 Å². The number of carbonyl (C=O) groups is 2. The van der Waals surface area contributed by atoms with Crippen LogP contribution in [0.1, 0.15) is 13.3 Å². The van der Waals surface area contributed by atoms with Gasteiger partial charge in [-0.05, 0) is 6.92 Å². The SMILES string of the molecule is C[C@@]1(F)[C@H](O)[C@H](CO)O[C@H]1N1CCC(=O)NC1=O. The summed E-state index contributed by atoms with van der Waals surface area (Å²) in [6.45, 7) is 0.562. The summed E-state index contributed by atoms with van der Waals surface area (Å²) in [6.07, 6.45) is -3.90. The monoisotopic (exact) mass is 262 g/mol. The first-order valence-corrected chi connectivity index (χ1v) is 5.61. The molecule has 2 heterocycles. The lowest BCUT2D eigenvalue weighted by molar-refractivity contribution is -0.126. The summed E-state index contributed by atoms with van der Waals surface area (Å²) in [5.41, 5.74) is -2.20. The van der Waals surface area contributed by atoms with Crippen molar-refractivity contribution >= 4 is 11.9 Å². The van der Waals surface area contributed by atoms with E-state index in [1.54, 1.807) is 0 Å². The third-order valence-electron chi connectivity index (χ3n) is 3.27. The summed E-state index contributed by atoms with van der Waals surface area (Å²) >= 11 is 0. The summed E-state index contributed by atoms with van der Waals surface area (Å²) in [7, 11) is 0. The van der Waals surface area contributed by atoms with Crippen LogP contribution >= 0.6 is 0 Å². The molecular weight excluding hydrogens is 247 g/mol. The minimum Gasteiger partial charge on any atom is -0.394 e. The van der Waals surface area contributed by atoms with Crippen molar-refractivity contribution in [2.75, 3.05) is 13.2 Å². The molecule has 0 unspecified atom stereocenters. The minimum absolute atomic E-state index is 0.0136. The van der Waals surface area contributed by atoms with Gasteiger partial charge in [0.15, 0.2) is 11.9 Å². The number of amides is 3. The van der Waals surface area contributed by atoms with Gasteiger partial charge >= 0.3 is 6.03 Å². The van der Waals surface area contributed by atoms with Crippen molar-refractivity contribution in [1.82, 2.24) is 10.2 Å². The first-order chi connectivity index (χ1) is 8.37. The molecule has 7 nitrogen and oxygen atoms in total. The van der Waals surface area contributed by atoms with E-state index in [1.807, 2.05) is 5.32 Å². The van der Waals surface area contributed by atoms with Gasteiger partial charge in [-0.15, -0.1) is 0 Å². The Morgan fingerprint density at radius 1 is 1.61 bits per heavy atom. The van der Waals surface area contributed by atoms with Gasteiger partial charge in [0.2, 0.25) is 5.91 Å². The number of rotatable bonds is 2. The molecular formula is C10H15FN2O5. The van der Waals surface area contributed by atoms with E-state index in [0.29, 0.717) is 0 Å². The lowest BCUT2D eigenvalue weighted by Gasteiger charge is -2.35. The Bertz CT molecular complexity index is 375. The Balaban J connectivity index is 2.18. The van der Waals surface area contributed by atoms with Gasteiger partial charge in [0, 0.05) is 13.0 Å². The number of alkyl halides is 1. The van der Waals surface area contributed by atoms with Crippen molar-refractivity contribution in [1.29, 1.82) is 0 Å². The number of carbonyl (C=O) groups excluding carboxylic acids is 2. The molecule has 0 aromatic rings. The zero-order chi connectivity index (χ0) is 13.5. The summed E-state index contributed by atoms with van der Waals surface area (Å²) in [6, 6.07) is -0.758. The molecule has 8 heteroatoms. The van der Waals surface area contributed by atoms with E-state index in [1.165, 1.54) is 0 Å². The number of ether oxygens (including phenoxy) is 1. The minimum atomic E-state index is -2.20. The van der Waals surface area contributed by atoms with Crippen LogP contribution in [0.2, 0.25) is 0 Å². The van der Waals surface area contributed by atoms with E-state index in [2.05, 4.69) is 0 Å². The molecule has 18 heavy (non-hydrogen) atoms. The van der Waals surface area contributed by atoms with E-state index in [4.69, 9.17) is 9.84 Å². The Kier molecular flexibility index (Phi) is 3.26. The molecule has 0 radical (unpaired) electrons. The fourth-order valence-corrected chi connectivity index (χ4v) is 2.20. The van der Waals surface area contributed by atoms with Crippen LogP contribution in [0, 0.1) is 0 Å². The molecule has 2 aliphatic rings. The summed E-state index contributed by atoms with van der Waals surface area (Å²) in [4.78, 5) is 23.6. The number of nitrogens with zero attached hydrogens (tertiary/aromatic N) is 1. The normalized spacial score (nSPS) is 41.1. The number of urea groups is 1. The van der Waals surface area contributed by atoms with Crippen molar-refractivity contribution in [3.63, 3.8) is 0 Å². The predicted octanol–water partition coefficient (Wildman–Crippen LogP) is -1.27. The van der Waals surface area contributed by atoms with Crippen LogP contribution in [0.15, 0.2) is 0 Å². The quantitative estimate of drug-likeness (QED) is 0.576. The maximum Gasteiger partial charge on any atom is 0.326 e. The maximum absolute atomic E-state index is 14.4. The standard InChI is InChI=1S/C10H15FN2O5/c1-10(11)7(16)5(4-14)18-8(10)13-3-2-6(15)12-9(13)17/h5,7-8,14,16H,2-4H2,1H3,(H,12,15,17)/t5-,7+,8+,10+/m0/s1. The van der Waals surface area contributed by atoms with E-state index < -0.39 is 42.6 Å². The van der Waals surface area contributed by atoms with E-state index in [0.717, 1.165) is 11.8 Å². The number of hydrogen-bond donors (Lipinski definition) is 3. The first-order valence-electron chi connectivity index (χ1n) is 5.61. The lowest BCUT2D eigenvalue weighted by atomic mass is 9.98. The van der Waals surface area contributed by atoms with Crippen LogP contribution in [-0.4, -0.2) is 64.3 Å². The van der Waals surface area contributed by atoms with Gasteiger partial charge < -0.3 is 14.9 Å². The number of nitrogens with one attached hydrogen (secondary N) is 1. The first kappa shape index (κ1) is 13.2. The van der Waals surface area contributed by atoms with Crippen LogP contribution in [0.5, 0.6) is 0 Å². The smallest absolute Gasteiger partial charge is 0.326 e. The molecule has 0 saturated carbocycles. The molecule has 102 valence electrons.